The average Bonchev–Trinajstić information content (AvgIpc) is 2.78. The Bertz CT molecular complexity index is 938. The fourth-order valence-corrected chi connectivity index (χ4v) is 3.44. The van der Waals surface area contributed by atoms with Crippen LogP contribution in [-0.2, 0) is 4.79 Å². The predicted octanol–water partition coefficient (Wildman–Crippen LogP) is 2.73. The van der Waals surface area contributed by atoms with Crippen LogP contribution in [-0.4, -0.2) is 71.1 Å². The molecule has 2 aromatic rings. The van der Waals surface area contributed by atoms with Gasteiger partial charge in [0.1, 0.15) is 0 Å². The third-order valence-corrected chi connectivity index (χ3v) is 5.40. The van der Waals surface area contributed by atoms with Crippen molar-refractivity contribution < 1.29 is 19.8 Å². The number of carbonyl (C=O) groups excluding carboxylic acids is 2. The van der Waals surface area contributed by atoms with Gasteiger partial charge < -0.3 is 20.4 Å². The minimum Gasteiger partial charge on any atom is -0.504 e. The Hall–Kier alpha value is -3.03. The number of carbonyl (C=O) groups is 2. The molecule has 1 saturated heterocycles. The zero-order chi connectivity index (χ0) is 22.2. The first-order chi connectivity index (χ1) is 14.9. The molecule has 0 bridgehead atoms. The number of benzene rings is 2. The van der Waals surface area contributed by atoms with Crippen LogP contribution in [0.4, 0.5) is 0 Å². The zero-order valence-corrected chi connectivity index (χ0v) is 17.9. The van der Waals surface area contributed by atoms with Crippen LogP contribution in [0, 0.1) is 0 Å². The second-order valence-corrected chi connectivity index (χ2v) is 7.80. The van der Waals surface area contributed by atoms with E-state index in [9.17, 15) is 19.8 Å². The molecule has 1 aliphatic heterocycles. The van der Waals surface area contributed by atoms with Crippen molar-refractivity contribution in [3.05, 3.63) is 64.7 Å². The smallest absolute Gasteiger partial charge is 0.251 e. The van der Waals surface area contributed by atoms with Gasteiger partial charge in [0.25, 0.3) is 5.91 Å². The lowest BCUT2D eigenvalue weighted by Gasteiger charge is -2.34. The third kappa shape index (κ3) is 6.73. The Kier molecular flexibility index (Phi) is 7.92. The number of rotatable bonds is 7. The fourth-order valence-electron chi connectivity index (χ4n) is 3.31. The summed E-state index contributed by atoms with van der Waals surface area (Å²) in [5, 5.41) is 22.3. The number of phenols is 2. The number of halogens is 1. The van der Waals surface area contributed by atoms with Gasteiger partial charge in [-0.25, -0.2) is 0 Å². The molecule has 2 amide bonds. The van der Waals surface area contributed by atoms with Crippen LogP contribution in [0.3, 0.4) is 0 Å². The summed E-state index contributed by atoms with van der Waals surface area (Å²) in [5.74, 6) is -0.866. The van der Waals surface area contributed by atoms with Gasteiger partial charge in [-0.15, -0.1) is 0 Å². The maximum atomic E-state index is 12.4. The lowest BCUT2D eigenvalue weighted by atomic mass is 10.2. The van der Waals surface area contributed by atoms with Crippen LogP contribution in [0.25, 0.3) is 6.08 Å². The fraction of sp³-hybridized carbons (Fsp3) is 0.304. The number of nitrogens with one attached hydrogen (secondary N) is 1. The van der Waals surface area contributed by atoms with Gasteiger partial charge in [0, 0.05) is 49.4 Å². The molecule has 0 aliphatic carbocycles. The van der Waals surface area contributed by atoms with Gasteiger partial charge >= 0.3 is 0 Å². The van der Waals surface area contributed by atoms with Crippen LogP contribution in [0.2, 0.25) is 5.02 Å². The number of hydrogen-bond acceptors (Lipinski definition) is 5. The number of phenolic OH excluding ortho intramolecular Hbond substituents is 2. The van der Waals surface area contributed by atoms with Crippen molar-refractivity contribution in [2.75, 3.05) is 39.3 Å². The number of nitrogens with zero attached hydrogens (tertiary/aromatic N) is 2. The summed E-state index contributed by atoms with van der Waals surface area (Å²) in [5.41, 5.74) is 1.23. The Morgan fingerprint density at radius 2 is 1.71 bits per heavy atom. The molecule has 31 heavy (non-hydrogen) atoms. The Balaban J connectivity index is 1.34. The summed E-state index contributed by atoms with van der Waals surface area (Å²) < 4.78 is 0. The van der Waals surface area contributed by atoms with Gasteiger partial charge in [-0.05, 0) is 54.9 Å². The first kappa shape index (κ1) is 22.7. The molecule has 0 spiro atoms. The molecule has 7 nitrogen and oxygen atoms in total. The Labute approximate surface area is 186 Å². The zero-order valence-electron chi connectivity index (χ0n) is 17.1. The molecule has 2 aromatic carbocycles. The average molecular weight is 444 g/mol. The van der Waals surface area contributed by atoms with Crippen molar-refractivity contribution >= 4 is 29.5 Å². The number of hydrogen-bond donors (Lipinski definition) is 3. The standard InChI is InChI=1S/C23H26ClN3O4/c24-19-6-2-17(3-7-19)4-9-22(30)27-14-12-26(13-15-27)11-1-10-25-23(31)18-5-8-20(28)21(29)16-18/h2-9,16,28-29H,1,10-15H2,(H,25,31). The van der Waals surface area contributed by atoms with E-state index in [0.717, 1.165) is 31.6 Å². The molecule has 0 unspecified atom stereocenters. The number of piperazine rings is 1. The number of aromatic hydroxyl groups is 2. The molecule has 1 fully saturated rings. The van der Waals surface area contributed by atoms with E-state index in [1.165, 1.54) is 18.2 Å². The predicted molar refractivity (Wildman–Crippen MR) is 120 cm³/mol. The van der Waals surface area contributed by atoms with E-state index in [2.05, 4.69) is 10.2 Å². The van der Waals surface area contributed by atoms with Crippen LogP contribution in [0.5, 0.6) is 11.5 Å². The summed E-state index contributed by atoms with van der Waals surface area (Å²) in [6.07, 6.45) is 4.16. The van der Waals surface area contributed by atoms with E-state index in [4.69, 9.17) is 11.6 Å². The summed E-state index contributed by atoms with van der Waals surface area (Å²) in [6, 6.07) is 11.3. The van der Waals surface area contributed by atoms with E-state index in [1.807, 2.05) is 17.0 Å². The van der Waals surface area contributed by atoms with Gasteiger partial charge in [-0.1, -0.05) is 23.7 Å². The largest absolute Gasteiger partial charge is 0.504 e. The molecule has 3 N–H and O–H groups in total. The van der Waals surface area contributed by atoms with Crippen LogP contribution in [0.1, 0.15) is 22.3 Å². The maximum Gasteiger partial charge on any atom is 0.251 e. The van der Waals surface area contributed by atoms with Crippen LogP contribution in [0.15, 0.2) is 48.5 Å². The van der Waals surface area contributed by atoms with E-state index in [0.29, 0.717) is 30.2 Å². The monoisotopic (exact) mass is 443 g/mol. The van der Waals surface area contributed by atoms with Gasteiger partial charge in [-0.2, -0.15) is 0 Å². The summed E-state index contributed by atoms with van der Waals surface area (Å²) in [6.45, 7) is 4.25. The lowest BCUT2D eigenvalue weighted by Crippen LogP contribution is -2.48. The molecule has 1 heterocycles. The Morgan fingerprint density at radius 1 is 1.00 bits per heavy atom. The van der Waals surface area contributed by atoms with E-state index >= 15 is 0 Å². The lowest BCUT2D eigenvalue weighted by molar-refractivity contribution is -0.127. The van der Waals surface area contributed by atoms with Gasteiger partial charge in [0.15, 0.2) is 11.5 Å². The molecule has 0 saturated carbocycles. The number of amides is 2. The van der Waals surface area contributed by atoms with Crippen LogP contribution < -0.4 is 5.32 Å². The van der Waals surface area contributed by atoms with E-state index in [1.54, 1.807) is 24.3 Å². The quantitative estimate of drug-likeness (QED) is 0.347. The molecule has 164 valence electrons. The summed E-state index contributed by atoms with van der Waals surface area (Å²) >= 11 is 5.87. The topological polar surface area (TPSA) is 93.1 Å². The minimum atomic E-state index is -0.317. The molecule has 0 aromatic heterocycles. The van der Waals surface area contributed by atoms with Crippen molar-refractivity contribution in [3.63, 3.8) is 0 Å². The van der Waals surface area contributed by atoms with Crippen LogP contribution >= 0.6 is 11.6 Å². The minimum absolute atomic E-state index is 0.000913. The van der Waals surface area contributed by atoms with Crippen molar-refractivity contribution in [1.82, 2.24) is 15.1 Å². The SMILES string of the molecule is O=C(NCCCN1CCN(C(=O)C=Cc2ccc(Cl)cc2)CC1)c1ccc(O)c(O)c1. The van der Waals surface area contributed by atoms with Crippen molar-refractivity contribution in [2.24, 2.45) is 0 Å². The molecular weight excluding hydrogens is 418 g/mol. The van der Waals surface area contributed by atoms with Gasteiger partial charge in [0.2, 0.25) is 5.91 Å². The third-order valence-electron chi connectivity index (χ3n) is 5.15. The first-order valence-electron chi connectivity index (χ1n) is 10.2. The van der Waals surface area contributed by atoms with E-state index < -0.39 is 0 Å². The molecule has 0 atom stereocenters. The molecule has 3 rings (SSSR count). The Morgan fingerprint density at radius 3 is 2.39 bits per heavy atom. The molecular formula is C23H26ClN3O4. The highest BCUT2D eigenvalue weighted by Gasteiger charge is 2.19. The molecule has 0 radical (unpaired) electrons. The second-order valence-electron chi connectivity index (χ2n) is 7.36. The van der Waals surface area contributed by atoms with Crippen molar-refractivity contribution in [3.8, 4) is 11.5 Å². The van der Waals surface area contributed by atoms with Crippen molar-refractivity contribution in [1.29, 1.82) is 0 Å². The summed E-state index contributed by atoms with van der Waals surface area (Å²) in [7, 11) is 0. The van der Waals surface area contributed by atoms with Gasteiger partial charge in [0.05, 0.1) is 0 Å². The van der Waals surface area contributed by atoms with Crippen molar-refractivity contribution in [2.45, 2.75) is 6.42 Å². The highest BCUT2D eigenvalue weighted by molar-refractivity contribution is 6.30. The first-order valence-corrected chi connectivity index (χ1v) is 10.6. The maximum absolute atomic E-state index is 12.4. The molecule has 1 aliphatic rings. The second kappa shape index (κ2) is 10.8. The summed E-state index contributed by atoms with van der Waals surface area (Å²) in [4.78, 5) is 28.6. The van der Waals surface area contributed by atoms with Gasteiger partial charge in [-0.3, -0.25) is 14.5 Å². The van der Waals surface area contributed by atoms with E-state index in [-0.39, 0.29) is 23.3 Å². The molecule has 8 heteroatoms. The normalized spacial score (nSPS) is 14.7. The highest BCUT2D eigenvalue weighted by Crippen LogP contribution is 2.24. The highest BCUT2D eigenvalue weighted by atomic mass is 35.5.